The van der Waals surface area contributed by atoms with Crippen molar-refractivity contribution in [3.8, 4) is 11.5 Å². The van der Waals surface area contributed by atoms with Gasteiger partial charge in [0.15, 0.2) is 6.10 Å². The Morgan fingerprint density at radius 1 is 0.634 bits per heavy atom. The Kier molecular flexibility index (Phi) is 15.0. The van der Waals surface area contributed by atoms with Gasteiger partial charge in [0.25, 0.3) is 0 Å². The number of rotatable bonds is 18. The van der Waals surface area contributed by atoms with Crippen LogP contribution in [0.15, 0.2) is 48.5 Å². The van der Waals surface area contributed by atoms with Crippen LogP contribution in [0, 0.1) is 0 Å². The van der Waals surface area contributed by atoms with Gasteiger partial charge in [-0.2, -0.15) is 13.2 Å². The lowest BCUT2D eigenvalue weighted by atomic mass is 10.1. The maximum Gasteiger partial charge on any atom is 0.425 e. The molecule has 0 spiro atoms. The summed E-state index contributed by atoms with van der Waals surface area (Å²) in [5.41, 5.74) is 0.117. The molecule has 1 unspecified atom stereocenters. The standard InChI is InChI=1S/C32H41F3O6/c1-3-5-7-9-10-11-13-15-29(36)39-26-20-16-24(17-21-26)30(37)40-27-22-18-25(19-23-27)31(38)41-28(32(33,34)35)14-12-8-6-4-2/h16-23,28H,3-15H2,1-2H3. The van der Waals surface area contributed by atoms with E-state index in [1.807, 2.05) is 6.92 Å². The van der Waals surface area contributed by atoms with Crippen molar-refractivity contribution in [1.29, 1.82) is 0 Å². The van der Waals surface area contributed by atoms with Gasteiger partial charge >= 0.3 is 24.1 Å². The lowest BCUT2D eigenvalue weighted by Gasteiger charge is -2.20. The van der Waals surface area contributed by atoms with Crippen molar-refractivity contribution in [3.05, 3.63) is 59.7 Å². The van der Waals surface area contributed by atoms with Gasteiger partial charge in [0.1, 0.15) is 11.5 Å². The highest BCUT2D eigenvalue weighted by Gasteiger charge is 2.42. The average Bonchev–Trinajstić information content (AvgIpc) is 2.94. The number of alkyl halides is 3. The summed E-state index contributed by atoms with van der Waals surface area (Å²) in [5.74, 6) is -1.70. The third-order valence-corrected chi connectivity index (χ3v) is 6.54. The first-order valence-electron chi connectivity index (χ1n) is 14.5. The molecule has 0 N–H and O–H groups in total. The van der Waals surface area contributed by atoms with Crippen molar-refractivity contribution in [3.63, 3.8) is 0 Å². The minimum Gasteiger partial charge on any atom is -0.449 e. The molecule has 0 aliphatic heterocycles. The molecule has 0 heterocycles. The fourth-order valence-corrected chi connectivity index (χ4v) is 4.14. The molecule has 0 bridgehead atoms. The van der Waals surface area contributed by atoms with Gasteiger partial charge in [-0.25, -0.2) is 9.59 Å². The zero-order valence-corrected chi connectivity index (χ0v) is 24.0. The number of carbonyl (C=O) groups excluding carboxylic acids is 3. The van der Waals surface area contributed by atoms with E-state index in [9.17, 15) is 27.6 Å². The summed E-state index contributed by atoms with van der Waals surface area (Å²) in [4.78, 5) is 36.9. The van der Waals surface area contributed by atoms with Crippen LogP contribution in [0.3, 0.4) is 0 Å². The van der Waals surface area contributed by atoms with Gasteiger partial charge < -0.3 is 14.2 Å². The third-order valence-electron chi connectivity index (χ3n) is 6.54. The first-order chi connectivity index (χ1) is 19.6. The summed E-state index contributed by atoms with van der Waals surface area (Å²) < 4.78 is 55.3. The van der Waals surface area contributed by atoms with Gasteiger partial charge in [0, 0.05) is 6.42 Å². The number of hydrogen-bond acceptors (Lipinski definition) is 6. The molecule has 0 radical (unpaired) electrons. The SMILES string of the molecule is CCCCCCCCCC(=O)Oc1ccc(C(=O)Oc2ccc(C(=O)OC(CCCCCC)C(F)(F)F)cc2)cc1. The molecule has 2 aromatic rings. The lowest BCUT2D eigenvalue weighted by Crippen LogP contribution is -2.33. The van der Waals surface area contributed by atoms with Crippen molar-refractivity contribution in [1.82, 2.24) is 0 Å². The number of esters is 3. The summed E-state index contributed by atoms with van der Waals surface area (Å²) in [5, 5.41) is 0. The van der Waals surface area contributed by atoms with E-state index in [2.05, 4.69) is 6.92 Å². The highest BCUT2D eigenvalue weighted by atomic mass is 19.4. The zero-order chi connectivity index (χ0) is 30.1. The van der Waals surface area contributed by atoms with E-state index in [4.69, 9.17) is 14.2 Å². The number of unbranched alkanes of at least 4 members (excludes halogenated alkanes) is 9. The largest absolute Gasteiger partial charge is 0.449 e. The highest BCUT2D eigenvalue weighted by molar-refractivity contribution is 5.92. The van der Waals surface area contributed by atoms with E-state index in [0.29, 0.717) is 25.0 Å². The molecule has 6 nitrogen and oxygen atoms in total. The van der Waals surface area contributed by atoms with Gasteiger partial charge in [-0.3, -0.25) is 4.79 Å². The van der Waals surface area contributed by atoms with E-state index in [1.54, 1.807) is 0 Å². The molecule has 0 saturated heterocycles. The smallest absolute Gasteiger partial charge is 0.425 e. The number of carbonyl (C=O) groups is 3. The molecular weight excluding hydrogens is 537 g/mol. The maximum absolute atomic E-state index is 13.3. The Labute approximate surface area is 240 Å². The van der Waals surface area contributed by atoms with Crippen LogP contribution in [0.25, 0.3) is 0 Å². The van der Waals surface area contributed by atoms with Gasteiger partial charge in [-0.05, 0) is 67.8 Å². The van der Waals surface area contributed by atoms with Gasteiger partial charge in [-0.1, -0.05) is 71.6 Å². The fraction of sp³-hybridized carbons (Fsp3) is 0.531. The van der Waals surface area contributed by atoms with E-state index >= 15 is 0 Å². The second-order valence-electron chi connectivity index (χ2n) is 10.1. The molecule has 1 atom stereocenters. The highest BCUT2D eigenvalue weighted by Crippen LogP contribution is 2.28. The molecule has 2 aromatic carbocycles. The average molecular weight is 579 g/mol. The summed E-state index contributed by atoms with van der Waals surface area (Å²) in [6.07, 6.45) is 3.55. The quantitative estimate of drug-likeness (QED) is 0.0998. The second kappa shape index (κ2) is 18.1. The van der Waals surface area contributed by atoms with Crippen LogP contribution in [-0.4, -0.2) is 30.2 Å². The Morgan fingerprint density at radius 3 is 1.63 bits per heavy atom. The monoisotopic (exact) mass is 578 g/mol. The Balaban J connectivity index is 1.82. The Hall–Kier alpha value is -3.36. The summed E-state index contributed by atoms with van der Waals surface area (Å²) >= 11 is 0. The number of hydrogen-bond donors (Lipinski definition) is 0. The van der Waals surface area contributed by atoms with Crippen molar-refractivity contribution < 1.29 is 41.8 Å². The molecule has 226 valence electrons. The molecule has 2 rings (SSSR count). The maximum atomic E-state index is 13.3. The van der Waals surface area contributed by atoms with Crippen LogP contribution in [0.2, 0.25) is 0 Å². The van der Waals surface area contributed by atoms with Crippen molar-refractivity contribution in [2.75, 3.05) is 0 Å². The molecule has 0 aromatic heterocycles. The predicted molar refractivity (Wildman–Crippen MR) is 150 cm³/mol. The van der Waals surface area contributed by atoms with Crippen LogP contribution in [0.1, 0.15) is 118 Å². The van der Waals surface area contributed by atoms with Crippen molar-refractivity contribution in [2.24, 2.45) is 0 Å². The van der Waals surface area contributed by atoms with E-state index in [0.717, 1.165) is 32.1 Å². The van der Waals surface area contributed by atoms with Crippen LogP contribution in [0.4, 0.5) is 13.2 Å². The third kappa shape index (κ3) is 13.2. The number of ether oxygens (including phenoxy) is 3. The normalized spacial score (nSPS) is 12.0. The van der Waals surface area contributed by atoms with Crippen LogP contribution < -0.4 is 9.47 Å². The van der Waals surface area contributed by atoms with Crippen LogP contribution >= 0.6 is 0 Å². The minimum absolute atomic E-state index is 0.0877. The van der Waals surface area contributed by atoms with Gasteiger partial charge in [-0.15, -0.1) is 0 Å². The van der Waals surface area contributed by atoms with Crippen LogP contribution in [0.5, 0.6) is 11.5 Å². The second-order valence-corrected chi connectivity index (χ2v) is 10.1. The molecular formula is C32H41F3O6. The van der Waals surface area contributed by atoms with Gasteiger partial charge in [0.05, 0.1) is 11.1 Å². The van der Waals surface area contributed by atoms with E-state index in [1.165, 1.54) is 74.2 Å². The Morgan fingerprint density at radius 2 is 1.10 bits per heavy atom. The van der Waals surface area contributed by atoms with Crippen LogP contribution in [-0.2, 0) is 9.53 Å². The summed E-state index contributed by atoms with van der Waals surface area (Å²) in [7, 11) is 0. The molecule has 0 aliphatic rings. The first kappa shape index (κ1) is 33.8. The first-order valence-corrected chi connectivity index (χ1v) is 14.5. The van der Waals surface area contributed by atoms with E-state index in [-0.39, 0.29) is 29.3 Å². The Bertz CT molecular complexity index is 1060. The van der Waals surface area contributed by atoms with Crippen molar-refractivity contribution >= 4 is 17.9 Å². The molecule has 41 heavy (non-hydrogen) atoms. The van der Waals surface area contributed by atoms with E-state index < -0.39 is 24.2 Å². The molecule has 9 heteroatoms. The molecule has 0 amide bonds. The summed E-state index contributed by atoms with van der Waals surface area (Å²) in [6, 6.07) is 11.0. The minimum atomic E-state index is -4.65. The topological polar surface area (TPSA) is 78.9 Å². The molecule has 0 aliphatic carbocycles. The fourth-order valence-electron chi connectivity index (χ4n) is 4.14. The molecule has 0 saturated carbocycles. The van der Waals surface area contributed by atoms with Crippen molar-refractivity contribution in [2.45, 2.75) is 110 Å². The lowest BCUT2D eigenvalue weighted by molar-refractivity contribution is -0.206. The molecule has 0 fully saturated rings. The zero-order valence-electron chi connectivity index (χ0n) is 24.0. The number of halogens is 3. The predicted octanol–water partition coefficient (Wildman–Crippen LogP) is 9.01. The van der Waals surface area contributed by atoms with Gasteiger partial charge in [0.2, 0.25) is 0 Å². The summed E-state index contributed by atoms with van der Waals surface area (Å²) in [6.45, 7) is 4.13. The number of benzene rings is 2.